The summed E-state index contributed by atoms with van der Waals surface area (Å²) >= 11 is 0. The number of nitrogens with one attached hydrogen (secondary N) is 1. The quantitative estimate of drug-likeness (QED) is 0.712. The summed E-state index contributed by atoms with van der Waals surface area (Å²) in [4.78, 5) is 13.9. The van der Waals surface area contributed by atoms with Gasteiger partial charge in [-0.05, 0) is 19.0 Å². The first kappa shape index (κ1) is 9.77. The lowest BCUT2D eigenvalue weighted by Crippen LogP contribution is -2.46. The van der Waals surface area contributed by atoms with E-state index in [2.05, 4.69) is 15.5 Å². The summed E-state index contributed by atoms with van der Waals surface area (Å²) in [6, 6.07) is 0. The SMILES string of the molecule is O=C(CC1CNC1)N1CCn2cnnc2C1. The molecule has 6 nitrogen and oxygen atoms in total. The first-order chi connectivity index (χ1) is 7.83. The molecule has 3 rings (SSSR count). The van der Waals surface area contributed by atoms with Crippen molar-refractivity contribution >= 4 is 5.91 Å². The zero-order valence-corrected chi connectivity index (χ0v) is 9.09. The molecule has 1 amide bonds. The van der Waals surface area contributed by atoms with Crippen LogP contribution in [0, 0.1) is 5.92 Å². The predicted octanol–water partition coefficient (Wildman–Crippen LogP) is -0.770. The van der Waals surface area contributed by atoms with E-state index in [1.165, 1.54) is 0 Å². The Morgan fingerprint density at radius 3 is 3.12 bits per heavy atom. The molecule has 0 saturated carbocycles. The average Bonchev–Trinajstić information content (AvgIpc) is 2.69. The van der Waals surface area contributed by atoms with Gasteiger partial charge in [0.25, 0.3) is 0 Å². The van der Waals surface area contributed by atoms with E-state index in [4.69, 9.17) is 0 Å². The number of carbonyl (C=O) groups is 1. The van der Waals surface area contributed by atoms with Crippen LogP contribution in [-0.4, -0.2) is 45.2 Å². The zero-order valence-electron chi connectivity index (χ0n) is 9.09. The van der Waals surface area contributed by atoms with Crippen LogP contribution in [0.2, 0.25) is 0 Å². The van der Waals surface area contributed by atoms with E-state index in [1.807, 2.05) is 9.47 Å². The van der Waals surface area contributed by atoms with E-state index in [0.717, 1.165) is 32.0 Å². The first-order valence-corrected chi connectivity index (χ1v) is 5.68. The molecule has 86 valence electrons. The van der Waals surface area contributed by atoms with Gasteiger partial charge in [-0.3, -0.25) is 4.79 Å². The molecule has 3 heterocycles. The van der Waals surface area contributed by atoms with Gasteiger partial charge in [0, 0.05) is 19.5 Å². The van der Waals surface area contributed by atoms with Gasteiger partial charge in [0.2, 0.25) is 5.91 Å². The van der Waals surface area contributed by atoms with E-state index in [-0.39, 0.29) is 5.91 Å². The van der Waals surface area contributed by atoms with Gasteiger partial charge in [0.1, 0.15) is 6.33 Å². The lowest BCUT2D eigenvalue weighted by Gasteiger charge is -2.31. The third kappa shape index (κ3) is 1.69. The molecule has 0 atom stereocenters. The maximum atomic E-state index is 12.0. The highest BCUT2D eigenvalue weighted by Crippen LogP contribution is 2.14. The Morgan fingerprint density at radius 2 is 2.38 bits per heavy atom. The second-order valence-corrected chi connectivity index (χ2v) is 4.48. The Morgan fingerprint density at radius 1 is 1.50 bits per heavy atom. The van der Waals surface area contributed by atoms with Gasteiger partial charge < -0.3 is 14.8 Å². The molecule has 0 radical (unpaired) electrons. The second kappa shape index (κ2) is 3.86. The van der Waals surface area contributed by atoms with E-state index in [0.29, 0.717) is 18.9 Å². The van der Waals surface area contributed by atoms with E-state index in [1.54, 1.807) is 6.33 Å². The monoisotopic (exact) mass is 221 g/mol. The van der Waals surface area contributed by atoms with Gasteiger partial charge in [-0.25, -0.2) is 0 Å². The number of amides is 1. The van der Waals surface area contributed by atoms with Crippen molar-refractivity contribution in [3.63, 3.8) is 0 Å². The maximum absolute atomic E-state index is 12.0. The highest BCUT2D eigenvalue weighted by Gasteiger charge is 2.26. The van der Waals surface area contributed by atoms with Crippen LogP contribution in [0.4, 0.5) is 0 Å². The van der Waals surface area contributed by atoms with Crippen LogP contribution in [-0.2, 0) is 17.9 Å². The molecule has 2 aliphatic heterocycles. The fraction of sp³-hybridized carbons (Fsp3) is 0.700. The van der Waals surface area contributed by atoms with Crippen molar-refractivity contribution < 1.29 is 4.79 Å². The van der Waals surface area contributed by atoms with Crippen LogP contribution in [0.25, 0.3) is 0 Å². The third-order valence-electron chi connectivity index (χ3n) is 3.32. The van der Waals surface area contributed by atoms with Gasteiger partial charge in [-0.2, -0.15) is 0 Å². The van der Waals surface area contributed by atoms with Crippen LogP contribution in [0.5, 0.6) is 0 Å². The number of hydrogen-bond acceptors (Lipinski definition) is 4. The number of nitrogens with zero attached hydrogens (tertiary/aromatic N) is 4. The molecular weight excluding hydrogens is 206 g/mol. The van der Waals surface area contributed by atoms with E-state index < -0.39 is 0 Å². The Hall–Kier alpha value is -1.43. The summed E-state index contributed by atoms with van der Waals surface area (Å²) in [7, 11) is 0. The van der Waals surface area contributed by atoms with Crippen LogP contribution in [0.1, 0.15) is 12.2 Å². The second-order valence-electron chi connectivity index (χ2n) is 4.48. The summed E-state index contributed by atoms with van der Waals surface area (Å²) in [5.74, 6) is 1.68. The van der Waals surface area contributed by atoms with Crippen molar-refractivity contribution in [2.24, 2.45) is 5.92 Å². The summed E-state index contributed by atoms with van der Waals surface area (Å²) in [5, 5.41) is 11.0. The lowest BCUT2D eigenvalue weighted by molar-refractivity contribution is -0.134. The standard InChI is InChI=1S/C10H15N5O/c16-10(3-8-4-11-5-8)14-1-2-15-7-12-13-9(15)6-14/h7-8,11H,1-6H2. The molecule has 2 aliphatic rings. The van der Waals surface area contributed by atoms with Gasteiger partial charge in [0.15, 0.2) is 5.82 Å². The topological polar surface area (TPSA) is 63.1 Å². The summed E-state index contributed by atoms with van der Waals surface area (Å²) < 4.78 is 2.01. The number of rotatable bonds is 2. The Bertz CT molecular complexity index is 398. The molecule has 16 heavy (non-hydrogen) atoms. The molecule has 6 heteroatoms. The first-order valence-electron chi connectivity index (χ1n) is 5.68. The van der Waals surface area contributed by atoms with Gasteiger partial charge in [-0.1, -0.05) is 0 Å². The number of hydrogen-bond donors (Lipinski definition) is 1. The van der Waals surface area contributed by atoms with E-state index in [9.17, 15) is 4.79 Å². The van der Waals surface area contributed by atoms with Crippen molar-refractivity contribution in [2.45, 2.75) is 19.5 Å². The fourth-order valence-electron chi connectivity index (χ4n) is 2.15. The Labute approximate surface area is 93.6 Å². The Kier molecular flexibility index (Phi) is 2.36. The number of carbonyl (C=O) groups excluding carboxylic acids is 1. The van der Waals surface area contributed by atoms with Crippen molar-refractivity contribution in [1.82, 2.24) is 25.0 Å². The fourth-order valence-corrected chi connectivity index (χ4v) is 2.15. The molecule has 0 bridgehead atoms. The van der Waals surface area contributed by atoms with Crippen molar-refractivity contribution in [1.29, 1.82) is 0 Å². The molecule has 1 aromatic rings. The van der Waals surface area contributed by atoms with Crippen molar-refractivity contribution in [3.8, 4) is 0 Å². The summed E-state index contributed by atoms with van der Waals surface area (Å²) in [6.45, 7) is 4.17. The Balaban J connectivity index is 1.62. The van der Waals surface area contributed by atoms with Gasteiger partial charge in [0.05, 0.1) is 6.54 Å². The van der Waals surface area contributed by atoms with Gasteiger partial charge >= 0.3 is 0 Å². The summed E-state index contributed by atoms with van der Waals surface area (Å²) in [6.07, 6.45) is 2.40. The molecule has 1 aromatic heterocycles. The molecule has 0 aromatic carbocycles. The molecular formula is C10H15N5O. The minimum atomic E-state index is 0.251. The van der Waals surface area contributed by atoms with Crippen LogP contribution >= 0.6 is 0 Å². The van der Waals surface area contributed by atoms with Crippen molar-refractivity contribution in [3.05, 3.63) is 12.2 Å². The molecule has 1 N–H and O–H groups in total. The average molecular weight is 221 g/mol. The van der Waals surface area contributed by atoms with Crippen LogP contribution in [0.3, 0.4) is 0 Å². The van der Waals surface area contributed by atoms with Crippen LogP contribution in [0.15, 0.2) is 6.33 Å². The third-order valence-corrected chi connectivity index (χ3v) is 3.32. The molecule has 1 saturated heterocycles. The highest BCUT2D eigenvalue weighted by atomic mass is 16.2. The molecule has 0 unspecified atom stereocenters. The smallest absolute Gasteiger partial charge is 0.223 e. The zero-order chi connectivity index (χ0) is 11.0. The number of fused-ring (bicyclic) bond motifs is 1. The molecule has 0 aliphatic carbocycles. The minimum Gasteiger partial charge on any atom is -0.333 e. The van der Waals surface area contributed by atoms with Gasteiger partial charge in [-0.15, -0.1) is 10.2 Å². The van der Waals surface area contributed by atoms with Crippen LogP contribution < -0.4 is 5.32 Å². The van der Waals surface area contributed by atoms with E-state index >= 15 is 0 Å². The number of aromatic nitrogens is 3. The van der Waals surface area contributed by atoms with Crippen molar-refractivity contribution in [2.75, 3.05) is 19.6 Å². The maximum Gasteiger partial charge on any atom is 0.223 e. The largest absolute Gasteiger partial charge is 0.333 e. The normalized spacial score (nSPS) is 20.4. The minimum absolute atomic E-state index is 0.251. The lowest BCUT2D eigenvalue weighted by atomic mass is 9.98. The predicted molar refractivity (Wildman–Crippen MR) is 56.4 cm³/mol. The highest BCUT2D eigenvalue weighted by molar-refractivity contribution is 5.76. The summed E-state index contributed by atoms with van der Waals surface area (Å²) in [5.41, 5.74) is 0. The molecule has 1 fully saturated rings. The molecule has 0 spiro atoms.